The van der Waals surface area contributed by atoms with E-state index in [1.54, 1.807) is 6.20 Å². The minimum absolute atomic E-state index is 0.193. The number of nitrogen functional groups attached to an aromatic ring is 1. The molecule has 0 saturated heterocycles. The fourth-order valence-corrected chi connectivity index (χ4v) is 2.03. The number of aromatic nitrogens is 1. The van der Waals surface area contributed by atoms with Crippen LogP contribution in [0.1, 0.15) is 30.7 Å². The SMILES string of the molecule is Nc1cc([C@H]2CCCC2O)ccn1. The molecule has 2 atom stereocenters. The van der Waals surface area contributed by atoms with Crippen molar-refractivity contribution in [3.8, 4) is 0 Å². The Morgan fingerprint density at radius 3 is 2.92 bits per heavy atom. The number of nitrogens with zero attached hydrogens (tertiary/aromatic N) is 1. The fraction of sp³-hybridized carbons (Fsp3) is 0.500. The first-order chi connectivity index (χ1) is 6.27. The minimum atomic E-state index is -0.193. The molecule has 1 aromatic rings. The van der Waals surface area contributed by atoms with Gasteiger partial charge in [0.1, 0.15) is 5.82 Å². The Morgan fingerprint density at radius 2 is 2.31 bits per heavy atom. The molecule has 1 unspecified atom stereocenters. The van der Waals surface area contributed by atoms with E-state index in [-0.39, 0.29) is 12.0 Å². The van der Waals surface area contributed by atoms with Crippen LogP contribution in [0.2, 0.25) is 0 Å². The average Bonchev–Trinajstić information content (AvgIpc) is 2.51. The third kappa shape index (κ3) is 1.65. The molecule has 1 aliphatic carbocycles. The van der Waals surface area contributed by atoms with Gasteiger partial charge >= 0.3 is 0 Å². The second-order valence-corrected chi connectivity index (χ2v) is 3.62. The van der Waals surface area contributed by atoms with Crippen molar-refractivity contribution in [2.45, 2.75) is 31.3 Å². The van der Waals surface area contributed by atoms with E-state index in [4.69, 9.17) is 5.73 Å². The Labute approximate surface area is 77.6 Å². The van der Waals surface area contributed by atoms with E-state index in [1.165, 1.54) is 0 Å². The van der Waals surface area contributed by atoms with E-state index in [1.807, 2.05) is 12.1 Å². The van der Waals surface area contributed by atoms with Crippen molar-refractivity contribution in [1.29, 1.82) is 0 Å². The molecular formula is C10H14N2O. The number of aliphatic hydroxyl groups excluding tert-OH is 1. The maximum atomic E-state index is 9.67. The van der Waals surface area contributed by atoms with Gasteiger partial charge in [0.2, 0.25) is 0 Å². The molecular weight excluding hydrogens is 164 g/mol. The molecule has 0 bridgehead atoms. The van der Waals surface area contributed by atoms with Crippen molar-refractivity contribution in [2.24, 2.45) is 0 Å². The summed E-state index contributed by atoms with van der Waals surface area (Å²) in [6, 6.07) is 3.80. The van der Waals surface area contributed by atoms with E-state index < -0.39 is 0 Å². The summed E-state index contributed by atoms with van der Waals surface area (Å²) in [5, 5.41) is 9.67. The van der Waals surface area contributed by atoms with Crippen molar-refractivity contribution >= 4 is 5.82 Å². The molecule has 1 saturated carbocycles. The lowest BCUT2D eigenvalue weighted by Crippen LogP contribution is -2.11. The van der Waals surface area contributed by atoms with E-state index in [2.05, 4.69) is 4.98 Å². The molecule has 0 aliphatic heterocycles. The Bertz CT molecular complexity index is 301. The Kier molecular flexibility index (Phi) is 2.19. The summed E-state index contributed by atoms with van der Waals surface area (Å²) in [5.41, 5.74) is 6.70. The number of nitrogens with two attached hydrogens (primary N) is 1. The number of aliphatic hydroxyl groups is 1. The normalized spacial score (nSPS) is 27.8. The van der Waals surface area contributed by atoms with E-state index in [0.717, 1.165) is 24.8 Å². The highest BCUT2D eigenvalue weighted by Crippen LogP contribution is 2.34. The van der Waals surface area contributed by atoms with Crippen molar-refractivity contribution in [2.75, 3.05) is 5.73 Å². The number of anilines is 1. The molecule has 1 heterocycles. The van der Waals surface area contributed by atoms with Crippen LogP contribution < -0.4 is 5.73 Å². The van der Waals surface area contributed by atoms with Gasteiger partial charge < -0.3 is 10.8 Å². The first-order valence-electron chi connectivity index (χ1n) is 4.67. The van der Waals surface area contributed by atoms with Crippen molar-refractivity contribution in [1.82, 2.24) is 4.98 Å². The molecule has 0 spiro atoms. The molecule has 1 aromatic heterocycles. The lowest BCUT2D eigenvalue weighted by Gasteiger charge is -2.14. The Hall–Kier alpha value is -1.09. The highest BCUT2D eigenvalue weighted by atomic mass is 16.3. The van der Waals surface area contributed by atoms with Gasteiger partial charge in [-0.3, -0.25) is 0 Å². The summed E-state index contributed by atoms with van der Waals surface area (Å²) >= 11 is 0. The average molecular weight is 178 g/mol. The van der Waals surface area contributed by atoms with Gasteiger partial charge in [-0.2, -0.15) is 0 Å². The maximum absolute atomic E-state index is 9.67. The molecule has 1 aliphatic rings. The van der Waals surface area contributed by atoms with Crippen LogP contribution in [0.3, 0.4) is 0 Å². The largest absolute Gasteiger partial charge is 0.392 e. The van der Waals surface area contributed by atoms with Crippen LogP contribution in [-0.4, -0.2) is 16.2 Å². The fourth-order valence-electron chi connectivity index (χ4n) is 2.03. The Morgan fingerprint density at radius 1 is 1.46 bits per heavy atom. The first-order valence-corrected chi connectivity index (χ1v) is 4.67. The molecule has 70 valence electrons. The monoisotopic (exact) mass is 178 g/mol. The summed E-state index contributed by atoms with van der Waals surface area (Å²) < 4.78 is 0. The summed E-state index contributed by atoms with van der Waals surface area (Å²) in [6.07, 6.45) is 4.59. The number of hydrogen-bond acceptors (Lipinski definition) is 3. The third-order valence-electron chi connectivity index (χ3n) is 2.71. The van der Waals surface area contributed by atoms with Gasteiger partial charge in [-0.25, -0.2) is 4.98 Å². The minimum Gasteiger partial charge on any atom is -0.392 e. The van der Waals surface area contributed by atoms with Crippen LogP contribution in [0.5, 0.6) is 0 Å². The summed E-state index contributed by atoms with van der Waals surface area (Å²) in [5.74, 6) is 0.807. The van der Waals surface area contributed by atoms with Crippen molar-refractivity contribution in [3.63, 3.8) is 0 Å². The zero-order chi connectivity index (χ0) is 9.26. The van der Waals surface area contributed by atoms with E-state index in [9.17, 15) is 5.11 Å². The summed E-state index contributed by atoms with van der Waals surface area (Å²) in [7, 11) is 0. The summed E-state index contributed by atoms with van der Waals surface area (Å²) in [4.78, 5) is 3.93. The van der Waals surface area contributed by atoms with Gasteiger partial charge in [-0.05, 0) is 30.5 Å². The van der Waals surface area contributed by atoms with Gasteiger partial charge in [-0.15, -0.1) is 0 Å². The molecule has 2 rings (SSSR count). The molecule has 3 nitrogen and oxygen atoms in total. The first kappa shape index (κ1) is 8.51. The Balaban J connectivity index is 2.24. The van der Waals surface area contributed by atoms with E-state index >= 15 is 0 Å². The third-order valence-corrected chi connectivity index (χ3v) is 2.71. The predicted octanol–water partition coefficient (Wildman–Crippen LogP) is 1.29. The van der Waals surface area contributed by atoms with Crippen molar-refractivity contribution < 1.29 is 5.11 Å². The van der Waals surface area contributed by atoms with Crippen LogP contribution in [0.15, 0.2) is 18.3 Å². The topological polar surface area (TPSA) is 59.1 Å². The highest BCUT2D eigenvalue weighted by molar-refractivity contribution is 5.34. The van der Waals surface area contributed by atoms with Gasteiger partial charge in [0, 0.05) is 12.1 Å². The van der Waals surface area contributed by atoms with Gasteiger partial charge in [0.25, 0.3) is 0 Å². The van der Waals surface area contributed by atoms with E-state index in [0.29, 0.717) is 5.82 Å². The van der Waals surface area contributed by atoms with Crippen LogP contribution in [0.4, 0.5) is 5.82 Å². The number of rotatable bonds is 1. The molecule has 0 amide bonds. The molecule has 0 radical (unpaired) electrons. The second kappa shape index (κ2) is 3.34. The van der Waals surface area contributed by atoms with Crippen molar-refractivity contribution in [3.05, 3.63) is 23.9 Å². The molecule has 13 heavy (non-hydrogen) atoms. The van der Waals surface area contributed by atoms with Gasteiger partial charge in [0.05, 0.1) is 6.10 Å². The van der Waals surface area contributed by atoms with Gasteiger partial charge in [0.15, 0.2) is 0 Å². The van der Waals surface area contributed by atoms with Crippen LogP contribution in [0.25, 0.3) is 0 Å². The smallest absolute Gasteiger partial charge is 0.123 e. The number of pyridine rings is 1. The van der Waals surface area contributed by atoms with Crippen LogP contribution >= 0.6 is 0 Å². The maximum Gasteiger partial charge on any atom is 0.123 e. The van der Waals surface area contributed by atoms with Crippen LogP contribution in [0, 0.1) is 0 Å². The number of hydrogen-bond donors (Lipinski definition) is 2. The quantitative estimate of drug-likeness (QED) is 0.681. The zero-order valence-electron chi connectivity index (χ0n) is 7.48. The van der Waals surface area contributed by atoms with Gasteiger partial charge in [-0.1, -0.05) is 6.42 Å². The molecule has 3 heteroatoms. The highest BCUT2D eigenvalue weighted by Gasteiger charge is 2.26. The molecule has 3 N–H and O–H groups in total. The predicted molar refractivity (Wildman–Crippen MR) is 51.2 cm³/mol. The molecule has 0 aromatic carbocycles. The van der Waals surface area contributed by atoms with Crippen LogP contribution in [-0.2, 0) is 0 Å². The lowest BCUT2D eigenvalue weighted by molar-refractivity contribution is 0.164. The lowest BCUT2D eigenvalue weighted by atomic mass is 9.97. The zero-order valence-corrected chi connectivity index (χ0v) is 7.48. The molecule has 1 fully saturated rings. The summed E-state index contributed by atoms with van der Waals surface area (Å²) in [6.45, 7) is 0. The standard InChI is InChI=1S/C10H14N2O/c11-10-6-7(4-5-12-10)8-2-1-3-9(8)13/h4-6,8-9,13H,1-3H2,(H2,11,12)/t8-,9?/m1/s1. The second-order valence-electron chi connectivity index (χ2n) is 3.62.